The zero-order chi connectivity index (χ0) is 17.1. The lowest BCUT2D eigenvalue weighted by atomic mass is 10.0. The molecule has 0 aliphatic carbocycles. The standard InChI is InChI=1S/C19H16N4OS/c24-18(21-19-20-11-12-25-19)16-13-17(14-7-3-1-4-8-14)23(22-16)15-9-5-2-6-10-15/h1-12,17H,13H2,(H,20,21,24). The molecule has 0 radical (unpaired) electrons. The van der Waals surface area contributed by atoms with Crippen molar-refractivity contribution < 1.29 is 4.79 Å². The minimum Gasteiger partial charge on any atom is -0.297 e. The van der Waals surface area contributed by atoms with E-state index in [2.05, 4.69) is 27.5 Å². The molecule has 3 aromatic rings. The zero-order valence-electron chi connectivity index (χ0n) is 13.4. The maximum absolute atomic E-state index is 12.6. The minimum absolute atomic E-state index is 0.000597. The first-order valence-electron chi connectivity index (χ1n) is 7.99. The van der Waals surface area contributed by atoms with Gasteiger partial charge in [-0.25, -0.2) is 4.98 Å². The topological polar surface area (TPSA) is 57.6 Å². The second kappa shape index (κ2) is 6.86. The van der Waals surface area contributed by atoms with Crippen LogP contribution in [0, 0.1) is 0 Å². The van der Waals surface area contributed by atoms with E-state index >= 15 is 0 Å². The predicted octanol–water partition coefficient (Wildman–Crippen LogP) is 4.09. The summed E-state index contributed by atoms with van der Waals surface area (Å²) in [5.41, 5.74) is 2.61. The number of rotatable bonds is 4. The Hall–Kier alpha value is -2.99. The molecule has 0 fully saturated rings. The molecule has 1 aliphatic heterocycles. The molecule has 2 aromatic carbocycles. The van der Waals surface area contributed by atoms with Crippen molar-refractivity contribution in [3.05, 3.63) is 77.8 Å². The third-order valence-corrected chi connectivity index (χ3v) is 4.72. The maximum atomic E-state index is 12.6. The molecule has 25 heavy (non-hydrogen) atoms. The van der Waals surface area contributed by atoms with Crippen LogP contribution in [0.4, 0.5) is 10.8 Å². The van der Waals surface area contributed by atoms with Crippen LogP contribution < -0.4 is 10.3 Å². The number of carbonyl (C=O) groups excluding carboxylic acids is 1. The van der Waals surface area contributed by atoms with Gasteiger partial charge in [-0.05, 0) is 17.7 Å². The van der Waals surface area contributed by atoms with E-state index in [-0.39, 0.29) is 11.9 Å². The summed E-state index contributed by atoms with van der Waals surface area (Å²) in [7, 11) is 0. The Bertz CT molecular complexity index is 878. The molecule has 5 nitrogen and oxygen atoms in total. The highest BCUT2D eigenvalue weighted by Gasteiger charge is 2.32. The van der Waals surface area contributed by atoms with Crippen molar-refractivity contribution in [2.75, 3.05) is 10.3 Å². The van der Waals surface area contributed by atoms with Crippen LogP contribution in [0.5, 0.6) is 0 Å². The fourth-order valence-electron chi connectivity index (χ4n) is 2.86. The Morgan fingerprint density at radius 1 is 1.08 bits per heavy atom. The molecule has 1 aliphatic rings. The molecule has 1 amide bonds. The van der Waals surface area contributed by atoms with Crippen LogP contribution >= 0.6 is 11.3 Å². The van der Waals surface area contributed by atoms with Crippen molar-refractivity contribution >= 4 is 33.8 Å². The molecule has 1 aromatic heterocycles. The average Bonchev–Trinajstić information content (AvgIpc) is 3.33. The maximum Gasteiger partial charge on any atom is 0.273 e. The highest BCUT2D eigenvalue weighted by atomic mass is 32.1. The van der Waals surface area contributed by atoms with E-state index in [4.69, 9.17) is 0 Å². The molecule has 1 unspecified atom stereocenters. The molecule has 6 heteroatoms. The van der Waals surface area contributed by atoms with Gasteiger partial charge in [-0.2, -0.15) is 5.10 Å². The Morgan fingerprint density at radius 3 is 2.48 bits per heavy atom. The quantitative estimate of drug-likeness (QED) is 0.772. The van der Waals surface area contributed by atoms with Crippen LogP contribution in [0.1, 0.15) is 18.0 Å². The van der Waals surface area contributed by atoms with E-state index in [1.807, 2.05) is 58.9 Å². The number of para-hydroxylation sites is 1. The summed E-state index contributed by atoms with van der Waals surface area (Å²) < 4.78 is 0. The summed E-state index contributed by atoms with van der Waals surface area (Å²) >= 11 is 1.39. The van der Waals surface area contributed by atoms with Crippen molar-refractivity contribution in [3.8, 4) is 0 Å². The van der Waals surface area contributed by atoms with E-state index in [0.29, 0.717) is 17.3 Å². The van der Waals surface area contributed by atoms with Crippen LogP contribution in [-0.4, -0.2) is 16.6 Å². The number of hydrazone groups is 1. The fourth-order valence-corrected chi connectivity index (χ4v) is 3.38. The number of nitrogens with one attached hydrogen (secondary N) is 1. The summed E-state index contributed by atoms with van der Waals surface area (Å²) in [6, 6.07) is 20.1. The normalized spacial score (nSPS) is 16.6. The van der Waals surface area contributed by atoms with Gasteiger partial charge in [0, 0.05) is 18.0 Å². The highest BCUT2D eigenvalue weighted by molar-refractivity contribution is 7.13. The second-order valence-corrected chi connectivity index (χ2v) is 6.54. The molecule has 0 saturated carbocycles. The first-order valence-corrected chi connectivity index (χ1v) is 8.87. The number of amides is 1. The number of aromatic nitrogens is 1. The van der Waals surface area contributed by atoms with Gasteiger partial charge in [0.2, 0.25) is 0 Å². The highest BCUT2D eigenvalue weighted by Crippen LogP contribution is 2.35. The number of hydrogen-bond donors (Lipinski definition) is 1. The van der Waals surface area contributed by atoms with Crippen molar-refractivity contribution in [1.29, 1.82) is 0 Å². The lowest BCUT2D eigenvalue weighted by molar-refractivity contribution is -0.110. The zero-order valence-corrected chi connectivity index (χ0v) is 14.2. The van der Waals surface area contributed by atoms with Crippen LogP contribution in [0.15, 0.2) is 77.3 Å². The molecular formula is C19H16N4OS. The first-order chi connectivity index (χ1) is 12.3. The monoisotopic (exact) mass is 348 g/mol. The molecule has 0 bridgehead atoms. The lowest BCUT2D eigenvalue weighted by Gasteiger charge is -2.23. The average molecular weight is 348 g/mol. The Labute approximate surface area is 149 Å². The smallest absolute Gasteiger partial charge is 0.273 e. The summed E-state index contributed by atoms with van der Waals surface area (Å²) in [6.45, 7) is 0. The molecule has 1 N–H and O–H groups in total. The lowest BCUT2D eigenvalue weighted by Crippen LogP contribution is -2.21. The van der Waals surface area contributed by atoms with Gasteiger partial charge in [-0.3, -0.25) is 15.1 Å². The molecule has 124 valence electrons. The first kappa shape index (κ1) is 15.5. The second-order valence-electron chi connectivity index (χ2n) is 5.65. The number of benzene rings is 2. The number of nitrogens with zero attached hydrogens (tertiary/aromatic N) is 3. The summed E-state index contributed by atoms with van der Waals surface area (Å²) in [4.78, 5) is 16.7. The van der Waals surface area contributed by atoms with Crippen LogP contribution in [-0.2, 0) is 4.79 Å². The van der Waals surface area contributed by atoms with E-state index < -0.39 is 0 Å². The Kier molecular flexibility index (Phi) is 4.26. The summed E-state index contributed by atoms with van der Waals surface area (Å²) in [6.07, 6.45) is 2.22. The summed E-state index contributed by atoms with van der Waals surface area (Å²) in [5, 5.41) is 11.8. The third-order valence-electron chi connectivity index (χ3n) is 4.03. The van der Waals surface area contributed by atoms with Crippen LogP contribution in [0.2, 0.25) is 0 Å². The van der Waals surface area contributed by atoms with Gasteiger partial charge in [-0.15, -0.1) is 11.3 Å². The Balaban J connectivity index is 1.64. The molecule has 4 rings (SSSR count). The molecule has 0 spiro atoms. The van der Waals surface area contributed by atoms with E-state index in [0.717, 1.165) is 11.3 Å². The van der Waals surface area contributed by atoms with Gasteiger partial charge in [0.15, 0.2) is 5.13 Å². The largest absolute Gasteiger partial charge is 0.297 e. The SMILES string of the molecule is O=C(Nc1nccs1)C1=NN(c2ccccc2)C(c2ccccc2)C1. The van der Waals surface area contributed by atoms with E-state index in [9.17, 15) is 4.79 Å². The molecular weight excluding hydrogens is 332 g/mol. The third kappa shape index (κ3) is 3.29. The number of carbonyl (C=O) groups is 1. The van der Waals surface area contributed by atoms with Crippen molar-refractivity contribution in [3.63, 3.8) is 0 Å². The number of anilines is 2. The van der Waals surface area contributed by atoms with Gasteiger partial charge in [-0.1, -0.05) is 48.5 Å². The van der Waals surface area contributed by atoms with Gasteiger partial charge in [0.1, 0.15) is 5.71 Å². The Morgan fingerprint density at radius 2 is 1.80 bits per heavy atom. The predicted molar refractivity (Wildman–Crippen MR) is 101 cm³/mol. The van der Waals surface area contributed by atoms with Crippen molar-refractivity contribution in [2.24, 2.45) is 5.10 Å². The van der Waals surface area contributed by atoms with Crippen molar-refractivity contribution in [1.82, 2.24) is 4.98 Å². The van der Waals surface area contributed by atoms with Crippen molar-refractivity contribution in [2.45, 2.75) is 12.5 Å². The van der Waals surface area contributed by atoms with Gasteiger partial charge < -0.3 is 0 Å². The van der Waals surface area contributed by atoms with Gasteiger partial charge in [0.25, 0.3) is 5.91 Å². The molecule has 1 atom stereocenters. The molecule has 2 heterocycles. The van der Waals surface area contributed by atoms with E-state index in [1.54, 1.807) is 6.20 Å². The fraction of sp³-hybridized carbons (Fsp3) is 0.105. The summed E-state index contributed by atoms with van der Waals surface area (Å²) in [5.74, 6) is -0.200. The van der Waals surface area contributed by atoms with Crippen LogP contribution in [0.25, 0.3) is 0 Å². The van der Waals surface area contributed by atoms with E-state index in [1.165, 1.54) is 11.3 Å². The van der Waals surface area contributed by atoms with Gasteiger partial charge in [0.05, 0.1) is 11.7 Å². The van der Waals surface area contributed by atoms with Gasteiger partial charge >= 0.3 is 0 Å². The number of thiazole rings is 1. The minimum atomic E-state index is -0.200. The molecule has 0 saturated heterocycles. The van der Waals surface area contributed by atoms with Crippen LogP contribution in [0.3, 0.4) is 0 Å². The number of hydrogen-bond acceptors (Lipinski definition) is 5.